The molecule has 2 aromatic carbocycles. The van der Waals surface area contributed by atoms with E-state index in [1.165, 1.54) is 0 Å². The Morgan fingerprint density at radius 3 is 2.65 bits per heavy atom. The summed E-state index contributed by atoms with van der Waals surface area (Å²) >= 11 is 12.3. The predicted molar refractivity (Wildman–Crippen MR) is 103 cm³/mol. The summed E-state index contributed by atoms with van der Waals surface area (Å²) in [5, 5.41) is 8.10. The number of benzene rings is 2. The molecule has 1 amide bonds. The standard InChI is InChI=1S/C19H17Cl2N3O2/c1-26-15-7-5-13(6-8-15)11-18(25)23-17-9-10-22-24(17)12-14-3-2-4-16(20)19(14)21/h2-10H,11-12H2,1H3,(H,23,25). The van der Waals surface area contributed by atoms with Crippen molar-refractivity contribution in [1.29, 1.82) is 0 Å². The van der Waals surface area contributed by atoms with Gasteiger partial charge in [0.15, 0.2) is 0 Å². The highest BCUT2D eigenvalue weighted by atomic mass is 35.5. The smallest absolute Gasteiger partial charge is 0.229 e. The third-order valence-corrected chi connectivity index (χ3v) is 4.72. The quantitative estimate of drug-likeness (QED) is 0.678. The number of rotatable bonds is 6. The van der Waals surface area contributed by atoms with E-state index >= 15 is 0 Å². The second-order valence-electron chi connectivity index (χ2n) is 5.66. The largest absolute Gasteiger partial charge is 0.497 e. The van der Waals surface area contributed by atoms with Gasteiger partial charge in [-0.3, -0.25) is 4.79 Å². The highest BCUT2D eigenvalue weighted by Crippen LogP contribution is 2.26. The van der Waals surface area contributed by atoms with Crippen LogP contribution in [-0.4, -0.2) is 22.8 Å². The maximum Gasteiger partial charge on any atom is 0.229 e. The molecule has 0 spiro atoms. The van der Waals surface area contributed by atoms with E-state index in [1.807, 2.05) is 36.4 Å². The lowest BCUT2D eigenvalue weighted by atomic mass is 10.1. The molecular formula is C19H17Cl2N3O2. The Morgan fingerprint density at radius 1 is 1.15 bits per heavy atom. The normalized spacial score (nSPS) is 10.6. The number of amides is 1. The fourth-order valence-electron chi connectivity index (χ4n) is 2.51. The van der Waals surface area contributed by atoms with Crippen molar-refractivity contribution in [3.05, 3.63) is 75.9 Å². The first-order valence-corrected chi connectivity index (χ1v) is 8.70. The summed E-state index contributed by atoms with van der Waals surface area (Å²) in [4.78, 5) is 12.3. The molecule has 0 aliphatic heterocycles. The molecule has 0 saturated heterocycles. The number of ether oxygens (including phenoxy) is 1. The second kappa shape index (κ2) is 8.25. The van der Waals surface area contributed by atoms with Gasteiger partial charge < -0.3 is 10.1 Å². The van der Waals surface area contributed by atoms with Crippen LogP contribution in [0.1, 0.15) is 11.1 Å². The molecule has 0 aliphatic rings. The van der Waals surface area contributed by atoms with Crippen LogP contribution in [0.4, 0.5) is 5.82 Å². The molecular weight excluding hydrogens is 373 g/mol. The molecule has 0 unspecified atom stereocenters. The van der Waals surface area contributed by atoms with Crippen LogP contribution < -0.4 is 10.1 Å². The van der Waals surface area contributed by atoms with Gasteiger partial charge in [-0.15, -0.1) is 0 Å². The minimum absolute atomic E-state index is 0.130. The Labute approximate surface area is 161 Å². The molecule has 134 valence electrons. The Hall–Kier alpha value is -2.50. The maximum atomic E-state index is 12.3. The van der Waals surface area contributed by atoms with E-state index in [1.54, 1.807) is 30.1 Å². The van der Waals surface area contributed by atoms with Gasteiger partial charge in [0.25, 0.3) is 0 Å². The molecule has 1 heterocycles. The molecule has 0 atom stereocenters. The highest BCUT2D eigenvalue weighted by Gasteiger charge is 2.11. The van der Waals surface area contributed by atoms with Gasteiger partial charge in [-0.2, -0.15) is 5.10 Å². The van der Waals surface area contributed by atoms with Gasteiger partial charge in [-0.1, -0.05) is 47.5 Å². The molecule has 0 aliphatic carbocycles. The number of halogens is 2. The zero-order chi connectivity index (χ0) is 18.5. The average Bonchev–Trinajstić information content (AvgIpc) is 3.06. The number of hydrogen-bond donors (Lipinski definition) is 1. The summed E-state index contributed by atoms with van der Waals surface area (Å²) in [5.74, 6) is 1.22. The monoisotopic (exact) mass is 389 g/mol. The van der Waals surface area contributed by atoms with Crippen molar-refractivity contribution in [3.8, 4) is 5.75 Å². The fourth-order valence-corrected chi connectivity index (χ4v) is 2.89. The van der Waals surface area contributed by atoms with Crippen LogP contribution in [0.25, 0.3) is 0 Å². The molecule has 1 N–H and O–H groups in total. The Bertz CT molecular complexity index is 907. The van der Waals surface area contributed by atoms with Crippen molar-refractivity contribution in [3.63, 3.8) is 0 Å². The van der Waals surface area contributed by atoms with Crippen LogP contribution in [0.2, 0.25) is 10.0 Å². The van der Waals surface area contributed by atoms with Crippen LogP contribution in [0.5, 0.6) is 5.75 Å². The van der Waals surface area contributed by atoms with Gasteiger partial charge in [-0.25, -0.2) is 4.68 Å². The Morgan fingerprint density at radius 2 is 1.92 bits per heavy atom. The van der Waals surface area contributed by atoms with E-state index in [0.29, 0.717) is 22.4 Å². The van der Waals surface area contributed by atoms with Crippen LogP contribution in [0, 0.1) is 0 Å². The van der Waals surface area contributed by atoms with Gasteiger partial charge in [0.1, 0.15) is 11.6 Å². The molecule has 0 fully saturated rings. The third kappa shape index (κ3) is 4.36. The third-order valence-electron chi connectivity index (χ3n) is 3.86. The minimum Gasteiger partial charge on any atom is -0.497 e. The highest BCUT2D eigenvalue weighted by molar-refractivity contribution is 6.42. The Balaban J connectivity index is 1.68. The first kappa shape index (κ1) is 18.3. The van der Waals surface area contributed by atoms with Gasteiger partial charge in [0, 0.05) is 6.07 Å². The zero-order valence-electron chi connectivity index (χ0n) is 14.1. The number of hydrogen-bond acceptors (Lipinski definition) is 3. The van der Waals surface area contributed by atoms with Crippen molar-refractivity contribution >= 4 is 34.9 Å². The molecule has 5 nitrogen and oxygen atoms in total. The SMILES string of the molecule is COc1ccc(CC(=O)Nc2ccnn2Cc2cccc(Cl)c2Cl)cc1. The summed E-state index contributed by atoms with van der Waals surface area (Å²) < 4.78 is 6.79. The number of nitrogens with one attached hydrogen (secondary N) is 1. The van der Waals surface area contributed by atoms with E-state index < -0.39 is 0 Å². The van der Waals surface area contributed by atoms with Crippen molar-refractivity contribution in [2.75, 3.05) is 12.4 Å². The van der Waals surface area contributed by atoms with Crippen molar-refractivity contribution in [2.24, 2.45) is 0 Å². The van der Waals surface area contributed by atoms with E-state index in [2.05, 4.69) is 10.4 Å². The van der Waals surface area contributed by atoms with E-state index in [4.69, 9.17) is 27.9 Å². The lowest BCUT2D eigenvalue weighted by molar-refractivity contribution is -0.115. The summed E-state index contributed by atoms with van der Waals surface area (Å²) in [5.41, 5.74) is 1.72. The summed E-state index contributed by atoms with van der Waals surface area (Å²) in [6, 6.07) is 14.6. The lowest BCUT2D eigenvalue weighted by Crippen LogP contribution is -2.18. The molecule has 1 aromatic heterocycles. The summed E-state index contributed by atoms with van der Waals surface area (Å²) in [6.45, 7) is 0.407. The van der Waals surface area contributed by atoms with Gasteiger partial charge in [0.2, 0.25) is 5.91 Å². The Kier molecular flexibility index (Phi) is 5.81. The number of carbonyl (C=O) groups excluding carboxylic acids is 1. The number of methoxy groups -OCH3 is 1. The molecule has 3 rings (SSSR count). The molecule has 7 heteroatoms. The van der Waals surface area contributed by atoms with Crippen LogP contribution in [0.3, 0.4) is 0 Å². The molecule has 26 heavy (non-hydrogen) atoms. The average molecular weight is 390 g/mol. The number of carbonyl (C=O) groups is 1. The fraction of sp³-hybridized carbons (Fsp3) is 0.158. The van der Waals surface area contributed by atoms with Gasteiger partial charge >= 0.3 is 0 Å². The number of nitrogens with zero attached hydrogens (tertiary/aromatic N) is 2. The molecule has 0 saturated carbocycles. The first-order chi connectivity index (χ1) is 12.6. The topological polar surface area (TPSA) is 56.1 Å². The molecule has 0 bridgehead atoms. The van der Waals surface area contributed by atoms with Crippen LogP contribution >= 0.6 is 23.2 Å². The maximum absolute atomic E-state index is 12.3. The van der Waals surface area contributed by atoms with Gasteiger partial charge in [-0.05, 0) is 29.3 Å². The molecule has 0 radical (unpaired) electrons. The van der Waals surface area contributed by atoms with Crippen molar-refractivity contribution in [1.82, 2.24) is 9.78 Å². The number of aromatic nitrogens is 2. The zero-order valence-corrected chi connectivity index (χ0v) is 15.6. The lowest BCUT2D eigenvalue weighted by Gasteiger charge is -2.11. The summed E-state index contributed by atoms with van der Waals surface area (Å²) in [7, 11) is 1.61. The van der Waals surface area contributed by atoms with Crippen LogP contribution in [0.15, 0.2) is 54.7 Å². The first-order valence-electron chi connectivity index (χ1n) is 7.94. The second-order valence-corrected chi connectivity index (χ2v) is 6.45. The van der Waals surface area contributed by atoms with E-state index in [-0.39, 0.29) is 12.3 Å². The summed E-state index contributed by atoms with van der Waals surface area (Å²) in [6.07, 6.45) is 1.88. The molecule has 3 aromatic rings. The van der Waals surface area contributed by atoms with E-state index in [0.717, 1.165) is 16.9 Å². The van der Waals surface area contributed by atoms with Gasteiger partial charge in [0.05, 0.1) is 36.3 Å². The van der Waals surface area contributed by atoms with E-state index in [9.17, 15) is 4.79 Å². The minimum atomic E-state index is -0.130. The van der Waals surface area contributed by atoms with Crippen LogP contribution in [-0.2, 0) is 17.8 Å². The predicted octanol–water partition coefficient (Wildman–Crippen LogP) is 4.43. The van der Waals surface area contributed by atoms with Crippen molar-refractivity contribution < 1.29 is 9.53 Å². The van der Waals surface area contributed by atoms with Crippen molar-refractivity contribution in [2.45, 2.75) is 13.0 Å². The number of anilines is 1.